The summed E-state index contributed by atoms with van der Waals surface area (Å²) in [6.07, 6.45) is 2.61. The lowest BCUT2D eigenvalue weighted by molar-refractivity contribution is 0.457. The molecule has 0 amide bonds. The zero-order valence-corrected chi connectivity index (χ0v) is 9.24. The largest absolute Gasteiger partial charge is 0.279 e. The molecule has 0 bridgehead atoms. The van der Waals surface area contributed by atoms with E-state index in [4.69, 9.17) is 11.6 Å². The van der Waals surface area contributed by atoms with Crippen molar-refractivity contribution in [2.75, 3.05) is 19.5 Å². The SMILES string of the molecule is CN(CCCCl)S(=O)(=O)NC1CC1. The summed E-state index contributed by atoms with van der Waals surface area (Å²) in [7, 11) is -1.68. The second-order valence-corrected chi connectivity index (χ2v) is 5.45. The Balaban J connectivity index is 2.37. The zero-order valence-electron chi connectivity index (χ0n) is 7.66. The number of rotatable bonds is 6. The number of halogens is 1. The fraction of sp³-hybridized carbons (Fsp3) is 1.00. The molecular formula is C7H15ClN2O2S. The van der Waals surface area contributed by atoms with E-state index in [-0.39, 0.29) is 6.04 Å². The van der Waals surface area contributed by atoms with E-state index in [1.165, 1.54) is 4.31 Å². The Labute approximate surface area is 84.4 Å². The van der Waals surface area contributed by atoms with E-state index >= 15 is 0 Å². The number of hydrogen-bond donors (Lipinski definition) is 1. The molecule has 1 aliphatic carbocycles. The minimum atomic E-state index is -3.24. The summed E-state index contributed by atoms with van der Waals surface area (Å²) in [4.78, 5) is 0. The van der Waals surface area contributed by atoms with Crippen LogP contribution in [0.2, 0.25) is 0 Å². The minimum Gasteiger partial charge on any atom is -0.199 e. The fourth-order valence-corrected chi connectivity index (χ4v) is 2.23. The Kier molecular flexibility index (Phi) is 3.97. The van der Waals surface area contributed by atoms with Crippen LogP contribution in [0, 0.1) is 0 Å². The predicted octanol–water partition coefficient (Wildman–Crippen LogP) is 0.544. The highest BCUT2D eigenvalue weighted by molar-refractivity contribution is 7.87. The molecule has 1 N–H and O–H groups in total. The van der Waals surface area contributed by atoms with Gasteiger partial charge in [0.05, 0.1) is 0 Å². The summed E-state index contributed by atoms with van der Waals surface area (Å²) in [5, 5.41) is 0. The lowest BCUT2D eigenvalue weighted by Gasteiger charge is -2.16. The molecule has 0 spiro atoms. The molecule has 6 heteroatoms. The van der Waals surface area contributed by atoms with E-state index in [1.54, 1.807) is 7.05 Å². The van der Waals surface area contributed by atoms with E-state index < -0.39 is 10.2 Å². The molecular weight excluding hydrogens is 212 g/mol. The molecule has 0 heterocycles. The van der Waals surface area contributed by atoms with Gasteiger partial charge >= 0.3 is 0 Å². The summed E-state index contributed by atoms with van der Waals surface area (Å²) in [6.45, 7) is 0.478. The van der Waals surface area contributed by atoms with Crippen molar-refractivity contribution in [1.82, 2.24) is 9.03 Å². The highest BCUT2D eigenvalue weighted by atomic mass is 35.5. The molecule has 0 aromatic carbocycles. The quantitative estimate of drug-likeness (QED) is 0.673. The average molecular weight is 227 g/mol. The second kappa shape index (κ2) is 4.59. The van der Waals surface area contributed by atoms with Crippen molar-refractivity contribution in [3.63, 3.8) is 0 Å². The molecule has 4 nitrogen and oxygen atoms in total. The first-order valence-corrected chi connectivity index (χ1v) is 6.33. The van der Waals surface area contributed by atoms with Crippen molar-refractivity contribution in [2.45, 2.75) is 25.3 Å². The van der Waals surface area contributed by atoms with Gasteiger partial charge in [0.1, 0.15) is 0 Å². The van der Waals surface area contributed by atoms with Crippen LogP contribution in [0.3, 0.4) is 0 Å². The van der Waals surface area contributed by atoms with Crippen LogP contribution in [0.15, 0.2) is 0 Å². The topological polar surface area (TPSA) is 49.4 Å². The average Bonchev–Trinajstić information content (AvgIpc) is 2.83. The number of nitrogens with zero attached hydrogens (tertiary/aromatic N) is 1. The molecule has 0 unspecified atom stereocenters. The summed E-state index contributed by atoms with van der Waals surface area (Å²) >= 11 is 5.47. The van der Waals surface area contributed by atoms with E-state index in [1.807, 2.05) is 0 Å². The molecule has 78 valence electrons. The van der Waals surface area contributed by atoms with Gasteiger partial charge < -0.3 is 0 Å². The molecule has 0 aliphatic heterocycles. The van der Waals surface area contributed by atoms with Gasteiger partial charge in [-0.3, -0.25) is 0 Å². The number of nitrogens with one attached hydrogen (secondary N) is 1. The van der Waals surface area contributed by atoms with Gasteiger partial charge in [-0.15, -0.1) is 11.6 Å². The summed E-state index contributed by atoms with van der Waals surface area (Å²) in [5.74, 6) is 0.489. The van der Waals surface area contributed by atoms with Crippen LogP contribution in [0.4, 0.5) is 0 Å². The van der Waals surface area contributed by atoms with Crippen LogP contribution in [0.5, 0.6) is 0 Å². The van der Waals surface area contributed by atoms with Gasteiger partial charge in [-0.05, 0) is 19.3 Å². The molecule has 1 aliphatic rings. The summed E-state index contributed by atoms with van der Waals surface area (Å²) in [5.41, 5.74) is 0. The molecule has 1 rings (SSSR count). The summed E-state index contributed by atoms with van der Waals surface area (Å²) in [6, 6.07) is 0.170. The maximum Gasteiger partial charge on any atom is 0.279 e. The molecule has 0 radical (unpaired) electrons. The molecule has 13 heavy (non-hydrogen) atoms. The van der Waals surface area contributed by atoms with Crippen LogP contribution in [0.25, 0.3) is 0 Å². The Bertz CT molecular complexity index is 251. The number of alkyl halides is 1. The fourth-order valence-electron chi connectivity index (χ4n) is 0.904. The summed E-state index contributed by atoms with van der Waals surface area (Å²) < 4.78 is 26.8. The molecule has 0 atom stereocenters. The Morgan fingerprint density at radius 2 is 2.15 bits per heavy atom. The molecule has 0 saturated heterocycles. The highest BCUT2D eigenvalue weighted by Crippen LogP contribution is 2.20. The Hall–Kier alpha value is 0.160. The van der Waals surface area contributed by atoms with E-state index in [2.05, 4.69) is 4.72 Å². The van der Waals surface area contributed by atoms with E-state index in [0.717, 1.165) is 12.8 Å². The lowest BCUT2D eigenvalue weighted by atomic mass is 10.5. The van der Waals surface area contributed by atoms with Crippen LogP contribution >= 0.6 is 11.6 Å². The maximum absolute atomic E-state index is 11.5. The van der Waals surface area contributed by atoms with Gasteiger partial charge in [0.15, 0.2) is 0 Å². The lowest BCUT2D eigenvalue weighted by Crippen LogP contribution is -2.39. The standard InChI is InChI=1S/C7H15ClN2O2S/c1-10(6-2-5-8)13(11,12)9-7-3-4-7/h7,9H,2-6H2,1H3. The van der Waals surface area contributed by atoms with Gasteiger partial charge in [0.2, 0.25) is 0 Å². The van der Waals surface area contributed by atoms with Crippen molar-refractivity contribution in [3.8, 4) is 0 Å². The third-order valence-electron chi connectivity index (χ3n) is 1.91. The highest BCUT2D eigenvalue weighted by Gasteiger charge is 2.28. The maximum atomic E-state index is 11.5. The third kappa shape index (κ3) is 3.81. The van der Waals surface area contributed by atoms with Gasteiger partial charge in [-0.25, -0.2) is 0 Å². The van der Waals surface area contributed by atoms with Crippen molar-refractivity contribution in [1.29, 1.82) is 0 Å². The normalized spacial score (nSPS) is 18.1. The van der Waals surface area contributed by atoms with E-state index in [0.29, 0.717) is 18.8 Å². The molecule has 1 fully saturated rings. The first-order valence-electron chi connectivity index (χ1n) is 4.36. The molecule has 0 aromatic heterocycles. The first-order chi connectivity index (χ1) is 6.06. The van der Waals surface area contributed by atoms with Crippen LogP contribution in [-0.2, 0) is 10.2 Å². The zero-order chi connectivity index (χ0) is 9.90. The van der Waals surface area contributed by atoms with Crippen molar-refractivity contribution in [2.24, 2.45) is 0 Å². The Morgan fingerprint density at radius 1 is 1.54 bits per heavy atom. The monoisotopic (exact) mass is 226 g/mol. The van der Waals surface area contributed by atoms with Gasteiger partial charge in [0, 0.05) is 25.5 Å². The van der Waals surface area contributed by atoms with Crippen LogP contribution in [-0.4, -0.2) is 38.2 Å². The van der Waals surface area contributed by atoms with Crippen molar-refractivity contribution < 1.29 is 8.42 Å². The predicted molar refractivity (Wildman–Crippen MR) is 53.0 cm³/mol. The van der Waals surface area contributed by atoms with Gasteiger partial charge in [-0.2, -0.15) is 17.4 Å². The van der Waals surface area contributed by atoms with Crippen molar-refractivity contribution in [3.05, 3.63) is 0 Å². The van der Waals surface area contributed by atoms with Crippen LogP contribution in [0.1, 0.15) is 19.3 Å². The smallest absolute Gasteiger partial charge is 0.199 e. The Morgan fingerprint density at radius 3 is 2.62 bits per heavy atom. The first kappa shape index (κ1) is 11.2. The van der Waals surface area contributed by atoms with Gasteiger partial charge in [-0.1, -0.05) is 0 Å². The second-order valence-electron chi connectivity index (χ2n) is 3.26. The van der Waals surface area contributed by atoms with Crippen molar-refractivity contribution >= 4 is 21.8 Å². The third-order valence-corrected chi connectivity index (χ3v) is 3.81. The molecule has 1 saturated carbocycles. The van der Waals surface area contributed by atoms with E-state index in [9.17, 15) is 8.42 Å². The minimum absolute atomic E-state index is 0.170. The van der Waals surface area contributed by atoms with Crippen LogP contribution < -0.4 is 4.72 Å². The van der Waals surface area contributed by atoms with Gasteiger partial charge in [0.25, 0.3) is 10.2 Å². The number of hydrogen-bond acceptors (Lipinski definition) is 2. The molecule has 0 aromatic rings.